The van der Waals surface area contributed by atoms with Crippen molar-refractivity contribution in [3.8, 4) is 0 Å². The molecule has 0 aromatic heterocycles. The van der Waals surface area contributed by atoms with Crippen LogP contribution in [0.15, 0.2) is 4.99 Å². The minimum Gasteiger partial charge on any atom is -0.364 e. The van der Waals surface area contributed by atoms with Gasteiger partial charge in [-0.2, -0.15) is 0 Å². The molecular weight excluding hydrogens is 136 g/mol. The van der Waals surface area contributed by atoms with E-state index in [0.717, 1.165) is 6.54 Å². The standard InChI is InChI=1S/C9H20N2/c1-8(2)6-10-7-11(5)9(3)4/h7-9H,6H2,1-5H3. The van der Waals surface area contributed by atoms with Gasteiger partial charge in [0.25, 0.3) is 0 Å². The van der Waals surface area contributed by atoms with Crippen LogP contribution in [0.2, 0.25) is 0 Å². The average molecular weight is 156 g/mol. The Morgan fingerprint density at radius 3 is 2.18 bits per heavy atom. The molecule has 0 aromatic carbocycles. The Kier molecular flexibility index (Phi) is 4.92. The molecule has 0 heterocycles. The van der Waals surface area contributed by atoms with Crippen molar-refractivity contribution in [2.45, 2.75) is 33.7 Å². The molecule has 0 saturated heterocycles. The van der Waals surface area contributed by atoms with Crippen LogP contribution in [0.4, 0.5) is 0 Å². The lowest BCUT2D eigenvalue weighted by Gasteiger charge is -2.17. The van der Waals surface area contributed by atoms with Crippen LogP contribution in [0.25, 0.3) is 0 Å². The first-order valence-corrected chi connectivity index (χ1v) is 4.26. The summed E-state index contributed by atoms with van der Waals surface area (Å²) in [4.78, 5) is 6.41. The van der Waals surface area contributed by atoms with E-state index in [1.54, 1.807) is 0 Å². The lowest BCUT2D eigenvalue weighted by Crippen LogP contribution is -2.24. The molecular formula is C9H20N2. The maximum absolute atomic E-state index is 4.29. The summed E-state index contributed by atoms with van der Waals surface area (Å²) in [6.45, 7) is 9.58. The second-order valence-electron chi connectivity index (χ2n) is 3.63. The Hall–Kier alpha value is -0.530. The van der Waals surface area contributed by atoms with E-state index in [9.17, 15) is 0 Å². The van der Waals surface area contributed by atoms with E-state index in [4.69, 9.17) is 0 Å². The maximum atomic E-state index is 4.29. The monoisotopic (exact) mass is 156 g/mol. The highest BCUT2D eigenvalue weighted by Gasteiger charge is 1.95. The molecule has 0 rings (SSSR count). The van der Waals surface area contributed by atoms with Crippen LogP contribution in [0, 0.1) is 5.92 Å². The second kappa shape index (κ2) is 5.16. The van der Waals surface area contributed by atoms with E-state index in [0.29, 0.717) is 12.0 Å². The van der Waals surface area contributed by atoms with Gasteiger partial charge >= 0.3 is 0 Å². The van der Waals surface area contributed by atoms with Gasteiger partial charge in [0.2, 0.25) is 0 Å². The molecule has 0 aromatic rings. The Balaban J connectivity index is 3.56. The average Bonchev–Trinajstić information content (AvgIpc) is 1.86. The van der Waals surface area contributed by atoms with Crippen LogP contribution in [0.5, 0.6) is 0 Å². The third-order valence-corrected chi connectivity index (χ3v) is 1.55. The Bertz CT molecular complexity index is 117. The molecule has 2 heteroatoms. The molecule has 0 atom stereocenters. The fourth-order valence-electron chi connectivity index (χ4n) is 0.520. The quantitative estimate of drug-likeness (QED) is 0.449. The normalized spacial score (nSPS) is 11.9. The molecule has 0 aliphatic rings. The summed E-state index contributed by atoms with van der Waals surface area (Å²) in [5.41, 5.74) is 0. The van der Waals surface area contributed by atoms with Gasteiger partial charge < -0.3 is 4.90 Å². The summed E-state index contributed by atoms with van der Waals surface area (Å²) in [7, 11) is 2.05. The van der Waals surface area contributed by atoms with E-state index in [2.05, 4.69) is 44.6 Å². The fourth-order valence-corrected chi connectivity index (χ4v) is 0.520. The molecule has 11 heavy (non-hydrogen) atoms. The van der Waals surface area contributed by atoms with E-state index in [1.807, 2.05) is 6.34 Å². The highest BCUT2D eigenvalue weighted by molar-refractivity contribution is 5.54. The highest BCUT2D eigenvalue weighted by atomic mass is 15.1. The lowest BCUT2D eigenvalue weighted by molar-refractivity contribution is 0.427. The topological polar surface area (TPSA) is 15.6 Å². The van der Waals surface area contributed by atoms with Gasteiger partial charge in [-0.25, -0.2) is 0 Å². The first-order valence-electron chi connectivity index (χ1n) is 4.26. The predicted octanol–water partition coefficient (Wildman–Crippen LogP) is 2.01. The number of hydrogen-bond donors (Lipinski definition) is 0. The number of rotatable bonds is 4. The zero-order valence-electron chi connectivity index (χ0n) is 8.33. The van der Waals surface area contributed by atoms with Gasteiger partial charge in [-0.15, -0.1) is 0 Å². The SMILES string of the molecule is CC(C)CN=CN(C)C(C)C. The molecule has 0 spiro atoms. The third-order valence-electron chi connectivity index (χ3n) is 1.55. The Morgan fingerprint density at radius 2 is 1.82 bits per heavy atom. The van der Waals surface area contributed by atoms with Crippen molar-refractivity contribution in [3.05, 3.63) is 0 Å². The summed E-state index contributed by atoms with van der Waals surface area (Å²) in [6, 6.07) is 0.547. The molecule has 0 amide bonds. The molecule has 0 bridgehead atoms. The third kappa shape index (κ3) is 5.89. The Labute approximate surface area is 70.3 Å². The smallest absolute Gasteiger partial charge is 0.0849 e. The molecule has 0 unspecified atom stereocenters. The van der Waals surface area contributed by atoms with Gasteiger partial charge in [-0.3, -0.25) is 4.99 Å². The summed E-state index contributed by atoms with van der Waals surface area (Å²) in [5.74, 6) is 0.659. The van der Waals surface area contributed by atoms with Crippen molar-refractivity contribution >= 4 is 6.34 Å². The van der Waals surface area contributed by atoms with Crippen LogP contribution in [-0.4, -0.2) is 30.9 Å². The highest BCUT2D eigenvalue weighted by Crippen LogP contribution is 1.93. The van der Waals surface area contributed by atoms with Crippen molar-refractivity contribution < 1.29 is 0 Å². The van der Waals surface area contributed by atoms with Crippen LogP contribution in [0.3, 0.4) is 0 Å². The molecule has 0 aliphatic heterocycles. The second-order valence-corrected chi connectivity index (χ2v) is 3.63. The van der Waals surface area contributed by atoms with Crippen LogP contribution in [-0.2, 0) is 0 Å². The minimum absolute atomic E-state index is 0.547. The number of hydrogen-bond acceptors (Lipinski definition) is 1. The van der Waals surface area contributed by atoms with E-state index < -0.39 is 0 Å². The first-order chi connectivity index (χ1) is 5.04. The van der Waals surface area contributed by atoms with Gasteiger partial charge in [0.1, 0.15) is 0 Å². The lowest BCUT2D eigenvalue weighted by atomic mass is 10.2. The van der Waals surface area contributed by atoms with Crippen molar-refractivity contribution in [2.24, 2.45) is 10.9 Å². The minimum atomic E-state index is 0.547. The van der Waals surface area contributed by atoms with Crippen LogP contribution < -0.4 is 0 Å². The number of aliphatic imine (C=N–C) groups is 1. The van der Waals surface area contributed by atoms with Gasteiger partial charge in [-0.1, -0.05) is 13.8 Å². The molecule has 0 aliphatic carbocycles. The summed E-state index contributed by atoms with van der Waals surface area (Å²) in [6.07, 6.45) is 1.92. The summed E-state index contributed by atoms with van der Waals surface area (Å²) >= 11 is 0. The van der Waals surface area contributed by atoms with Gasteiger partial charge in [-0.05, 0) is 19.8 Å². The zero-order chi connectivity index (χ0) is 8.85. The van der Waals surface area contributed by atoms with Crippen molar-refractivity contribution in [3.63, 3.8) is 0 Å². The molecule has 0 saturated carbocycles. The summed E-state index contributed by atoms with van der Waals surface area (Å²) < 4.78 is 0. The largest absolute Gasteiger partial charge is 0.364 e. The zero-order valence-corrected chi connectivity index (χ0v) is 8.33. The van der Waals surface area contributed by atoms with Crippen molar-refractivity contribution in [1.29, 1.82) is 0 Å². The van der Waals surface area contributed by atoms with Crippen LogP contribution in [0.1, 0.15) is 27.7 Å². The first kappa shape index (κ1) is 10.5. The van der Waals surface area contributed by atoms with Gasteiger partial charge in [0.05, 0.1) is 6.34 Å². The fraction of sp³-hybridized carbons (Fsp3) is 0.889. The predicted molar refractivity (Wildman–Crippen MR) is 51.1 cm³/mol. The van der Waals surface area contributed by atoms with Crippen molar-refractivity contribution in [2.75, 3.05) is 13.6 Å². The number of nitrogens with zero attached hydrogens (tertiary/aromatic N) is 2. The molecule has 2 nitrogen and oxygen atoms in total. The molecule has 0 N–H and O–H groups in total. The van der Waals surface area contributed by atoms with Gasteiger partial charge in [0, 0.05) is 19.6 Å². The molecule has 0 fully saturated rings. The summed E-state index contributed by atoms with van der Waals surface area (Å²) in [5, 5.41) is 0. The van der Waals surface area contributed by atoms with Crippen LogP contribution >= 0.6 is 0 Å². The van der Waals surface area contributed by atoms with Crippen molar-refractivity contribution in [1.82, 2.24) is 4.90 Å². The van der Waals surface area contributed by atoms with Gasteiger partial charge in [0.15, 0.2) is 0 Å². The van der Waals surface area contributed by atoms with E-state index in [1.165, 1.54) is 0 Å². The van der Waals surface area contributed by atoms with E-state index in [-0.39, 0.29) is 0 Å². The molecule has 66 valence electrons. The van der Waals surface area contributed by atoms with E-state index >= 15 is 0 Å². The Morgan fingerprint density at radius 1 is 1.27 bits per heavy atom. The molecule has 0 radical (unpaired) electrons. The maximum Gasteiger partial charge on any atom is 0.0849 e.